The second kappa shape index (κ2) is 26.4. The number of hydrogen-bond acceptors (Lipinski definition) is 13. The SMILES string of the molecule is CCNC(=O)Cn1nc(-c2ccc(OCC(F)(F)F)cc2)ccc1=O.CCNC(=O)Cn1nc(Br)ccc1=O.CCOC(=O)Cn1nc(Br)ccc1=O.O=c1ccc(Br)n[nH]1. The summed E-state index contributed by atoms with van der Waals surface area (Å²) in [5.41, 5.74) is -0.260. The summed E-state index contributed by atoms with van der Waals surface area (Å²) in [5.74, 6) is -0.970. The predicted octanol–water partition coefficient (Wildman–Crippen LogP) is 3.23. The highest BCUT2D eigenvalue weighted by atomic mass is 79.9. The van der Waals surface area contributed by atoms with E-state index in [9.17, 15) is 46.7 Å². The van der Waals surface area contributed by atoms with Gasteiger partial charge in [-0.05, 0) is 117 Å². The van der Waals surface area contributed by atoms with Crippen molar-refractivity contribution in [3.8, 4) is 17.0 Å². The predicted molar refractivity (Wildman–Crippen MR) is 224 cm³/mol. The molecule has 0 saturated heterocycles. The molecule has 3 N–H and O–H groups in total. The van der Waals surface area contributed by atoms with Crippen LogP contribution in [0.4, 0.5) is 13.2 Å². The summed E-state index contributed by atoms with van der Waals surface area (Å²) in [6.45, 7) is 4.75. The third kappa shape index (κ3) is 20.8. The Morgan fingerprint density at radius 2 is 1.13 bits per heavy atom. The summed E-state index contributed by atoms with van der Waals surface area (Å²) in [5, 5.41) is 22.7. The van der Waals surface area contributed by atoms with Crippen molar-refractivity contribution >= 4 is 65.6 Å². The van der Waals surface area contributed by atoms with Gasteiger partial charge in [-0.25, -0.2) is 19.1 Å². The standard InChI is InChI=1S/C16H16F3N3O3.C8H10BrN3O2.C8H9BrN2O3.C4H3BrN2O/c1-2-20-14(23)9-22-15(24)8-7-13(21-22)11-3-5-12(6-4-11)25-10-16(17,18)19;1-2-10-7(13)5-12-8(14)4-3-6(9)11-12;1-2-14-8(13)5-11-7(12)4-3-6(9)10-11;5-3-1-2-4(8)7-6-3/h3-8H,2,9-10H2,1H3,(H,20,23);3-4H,2,5H2,1H3,(H,10,13);3-4H,2,5H2,1H3;1-2H,(H,7,8). The number of esters is 1. The Morgan fingerprint density at radius 3 is 1.57 bits per heavy atom. The third-order valence-corrected chi connectivity index (χ3v) is 7.94. The molecular formula is C36H38Br3F3N10O9. The quantitative estimate of drug-likeness (QED) is 0.152. The third-order valence-electron chi connectivity index (χ3n) is 6.65. The van der Waals surface area contributed by atoms with Crippen LogP contribution in [0.25, 0.3) is 11.3 Å². The van der Waals surface area contributed by atoms with Crippen molar-refractivity contribution in [3.05, 3.63) is 128 Å². The van der Waals surface area contributed by atoms with Gasteiger partial charge < -0.3 is 20.1 Å². The first kappa shape index (κ1) is 51.3. The van der Waals surface area contributed by atoms with Crippen LogP contribution in [0.2, 0.25) is 0 Å². The molecule has 0 fully saturated rings. The number of nitrogens with one attached hydrogen (secondary N) is 3. The van der Waals surface area contributed by atoms with Gasteiger partial charge in [-0.3, -0.25) is 33.6 Å². The number of amides is 2. The number of hydrogen-bond donors (Lipinski definition) is 3. The number of likely N-dealkylation sites (N-methyl/N-ethyl adjacent to an activating group) is 2. The van der Waals surface area contributed by atoms with E-state index in [1.165, 1.54) is 66.7 Å². The fraction of sp³-hybridized carbons (Fsp3) is 0.306. The number of halogens is 6. The van der Waals surface area contributed by atoms with Gasteiger partial charge >= 0.3 is 12.1 Å². The minimum atomic E-state index is -4.41. The molecule has 0 unspecified atom stereocenters. The summed E-state index contributed by atoms with van der Waals surface area (Å²) < 4.78 is 50.5. The number of ether oxygens (including phenoxy) is 2. The largest absolute Gasteiger partial charge is 0.484 e. The maximum absolute atomic E-state index is 12.1. The van der Waals surface area contributed by atoms with E-state index < -0.39 is 24.3 Å². The molecule has 0 bridgehead atoms. The number of H-pyrrole nitrogens is 1. The molecule has 0 radical (unpaired) electrons. The molecule has 2 amide bonds. The van der Waals surface area contributed by atoms with Gasteiger partial charge in [-0.15, -0.1) is 0 Å². The van der Waals surface area contributed by atoms with Gasteiger partial charge in [-0.2, -0.15) is 33.6 Å². The molecule has 5 rings (SSSR count). The van der Waals surface area contributed by atoms with Crippen LogP contribution in [-0.4, -0.2) is 89.8 Å². The average Bonchev–Trinajstić information content (AvgIpc) is 3.20. The number of carbonyl (C=O) groups is 3. The van der Waals surface area contributed by atoms with Crippen molar-refractivity contribution in [2.24, 2.45) is 0 Å². The Bertz CT molecular complexity index is 2350. The highest BCUT2D eigenvalue weighted by Gasteiger charge is 2.28. The van der Waals surface area contributed by atoms with Gasteiger partial charge in [0, 0.05) is 42.9 Å². The average molecular weight is 1050 g/mol. The van der Waals surface area contributed by atoms with Crippen molar-refractivity contribution in [1.29, 1.82) is 0 Å². The van der Waals surface area contributed by atoms with Crippen LogP contribution >= 0.6 is 47.8 Å². The fourth-order valence-electron chi connectivity index (χ4n) is 4.11. The minimum absolute atomic E-state index is 0.0495. The Kier molecular flexibility index (Phi) is 22.2. The van der Waals surface area contributed by atoms with Crippen molar-refractivity contribution in [3.63, 3.8) is 0 Å². The maximum Gasteiger partial charge on any atom is 0.422 e. The molecule has 1 aromatic carbocycles. The molecule has 25 heteroatoms. The smallest absolute Gasteiger partial charge is 0.422 e. The van der Waals surface area contributed by atoms with Crippen LogP contribution in [0.3, 0.4) is 0 Å². The van der Waals surface area contributed by atoms with Crippen LogP contribution < -0.4 is 37.6 Å². The molecule has 0 aliphatic carbocycles. The number of aromatic amines is 1. The second-order valence-corrected chi connectivity index (χ2v) is 13.8. The van der Waals surface area contributed by atoms with Crippen LogP contribution in [0.5, 0.6) is 5.75 Å². The van der Waals surface area contributed by atoms with Crippen molar-refractivity contribution in [1.82, 2.24) is 50.2 Å². The van der Waals surface area contributed by atoms with Crippen molar-refractivity contribution in [2.45, 2.75) is 46.6 Å². The zero-order chi connectivity index (χ0) is 45.5. The molecule has 0 saturated carbocycles. The monoisotopic (exact) mass is 1050 g/mol. The van der Waals surface area contributed by atoms with Crippen LogP contribution in [0, 0.1) is 0 Å². The van der Waals surface area contributed by atoms with E-state index in [1.54, 1.807) is 19.9 Å². The van der Waals surface area contributed by atoms with E-state index in [1.807, 2.05) is 6.92 Å². The number of alkyl halides is 3. The zero-order valence-corrected chi connectivity index (χ0v) is 37.2. The van der Waals surface area contributed by atoms with Gasteiger partial charge in [0.2, 0.25) is 11.8 Å². The van der Waals surface area contributed by atoms with E-state index in [4.69, 9.17) is 0 Å². The number of rotatable bonds is 12. The van der Waals surface area contributed by atoms with Gasteiger partial charge in [0.25, 0.3) is 22.2 Å². The van der Waals surface area contributed by atoms with E-state index in [-0.39, 0.29) is 53.9 Å². The second-order valence-electron chi connectivity index (χ2n) is 11.4. The van der Waals surface area contributed by atoms with Crippen molar-refractivity contribution in [2.75, 3.05) is 26.3 Å². The lowest BCUT2D eigenvalue weighted by Gasteiger charge is -2.10. The number of aromatic nitrogens is 8. The first-order chi connectivity index (χ1) is 28.8. The lowest BCUT2D eigenvalue weighted by molar-refractivity contribution is -0.153. The first-order valence-electron chi connectivity index (χ1n) is 17.6. The van der Waals surface area contributed by atoms with Crippen molar-refractivity contribution < 1.29 is 37.0 Å². The Hall–Kier alpha value is -5.82. The van der Waals surface area contributed by atoms with E-state index in [2.05, 4.69) is 93.4 Å². The Labute approximate surface area is 369 Å². The number of carbonyl (C=O) groups excluding carboxylic acids is 3. The number of benzene rings is 1. The molecule has 328 valence electrons. The van der Waals surface area contributed by atoms with Gasteiger partial charge in [0.05, 0.1) is 12.3 Å². The molecular weight excluding hydrogens is 1010 g/mol. The Morgan fingerprint density at radius 1 is 0.656 bits per heavy atom. The molecule has 0 aliphatic heterocycles. The molecule has 4 heterocycles. The maximum atomic E-state index is 12.1. The van der Waals surface area contributed by atoms with Gasteiger partial charge in [0.15, 0.2) is 6.61 Å². The zero-order valence-electron chi connectivity index (χ0n) is 32.5. The molecule has 19 nitrogen and oxygen atoms in total. The fourth-order valence-corrected chi connectivity index (χ4v) is 4.98. The highest BCUT2D eigenvalue weighted by molar-refractivity contribution is 9.11. The summed E-state index contributed by atoms with van der Waals surface area (Å²) in [7, 11) is 0. The topological polar surface area (TPSA) is 244 Å². The lowest BCUT2D eigenvalue weighted by Crippen LogP contribution is -2.33. The van der Waals surface area contributed by atoms with Crippen LogP contribution in [0.15, 0.2) is 106 Å². The van der Waals surface area contributed by atoms with Crippen LogP contribution in [0.1, 0.15) is 20.8 Å². The summed E-state index contributed by atoms with van der Waals surface area (Å²) in [4.78, 5) is 78.2. The van der Waals surface area contributed by atoms with Crippen LogP contribution in [-0.2, 0) is 38.8 Å². The van der Waals surface area contributed by atoms with Gasteiger partial charge in [0.1, 0.15) is 39.2 Å². The molecule has 0 spiro atoms. The Balaban J connectivity index is 0.000000304. The summed E-state index contributed by atoms with van der Waals surface area (Å²) in [6, 6.07) is 17.3. The summed E-state index contributed by atoms with van der Waals surface area (Å²) >= 11 is 9.29. The first-order valence-corrected chi connectivity index (χ1v) is 20.0. The molecule has 61 heavy (non-hydrogen) atoms. The normalized spacial score (nSPS) is 10.3. The van der Waals surface area contributed by atoms with E-state index in [0.29, 0.717) is 44.8 Å². The van der Waals surface area contributed by atoms with Gasteiger partial charge in [-0.1, -0.05) is 0 Å². The number of nitrogens with zero attached hydrogens (tertiary/aromatic N) is 7. The molecule has 5 aromatic rings. The van der Waals surface area contributed by atoms with E-state index >= 15 is 0 Å². The minimum Gasteiger partial charge on any atom is -0.484 e. The summed E-state index contributed by atoms with van der Waals surface area (Å²) in [6.07, 6.45) is -4.41. The molecule has 0 atom stereocenters. The molecule has 4 aromatic heterocycles. The lowest BCUT2D eigenvalue weighted by atomic mass is 10.1. The van der Waals surface area contributed by atoms with E-state index in [0.717, 1.165) is 14.0 Å². The molecule has 0 aliphatic rings. The highest BCUT2D eigenvalue weighted by Crippen LogP contribution is 2.22.